The SMILES string of the molecule is C=COCCOCCOCCOCCOCCOCCOCCOCCOCCOCCOCCOS(=O)(=O)c1ccc(C)cc1. The standard InChI is InChI=1S/C31H54O14S/c1-3-34-8-9-35-10-11-36-12-13-37-14-15-38-16-17-39-18-19-40-20-21-41-22-23-42-24-25-43-26-27-44-28-29-45-46(32,33)31-6-4-30(2)5-7-31/h3-7H,1,8-29H2,2H3. The molecule has 1 rings (SSSR count). The van der Waals surface area contributed by atoms with E-state index < -0.39 is 10.1 Å². The van der Waals surface area contributed by atoms with E-state index in [1.165, 1.54) is 18.4 Å². The quantitative estimate of drug-likeness (QED) is 0.0578. The molecule has 268 valence electrons. The summed E-state index contributed by atoms with van der Waals surface area (Å²) in [4.78, 5) is 0.127. The van der Waals surface area contributed by atoms with Crippen molar-refractivity contribution in [3.63, 3.8) is 0 Å². The Morgan fingerprint density at radius 3 is 1.00 bits per heavy atom. The van der Waals surface area contributed by atoms with Crippen molar-refractivity contribution in [1.29, 1.82) is 0 Å². The Labute approximate surface area is 274 Å². The molecule has 0 amide bonds. The second kappa shape index (κ2) is 31.8. The van der Waals surface area contributed by atoms with Gasteiger partial charge < -0.3 is 52.1 Å². The Morgan fingerprint density at radius 2 is 0.717 bits per heavy atom. The van der Waals surface area contributed by atoms with Crippen LogP contribution < -0.4 is 0 Å². The Balaban J connectivity index is 1.68. The van der Waals surface area contributed by atoms with E-state index in [1.807, 2.05) is 6.92 Å². The summed E-state index contributed by atoms with van der Waals surface area (Å²) in [6.45, 7) is 14.9. The van der Waals surface area contributed by atoms with Crippen molar-refractivity contribution in [2.75, 3.05) is 145 Å². The molecule has 0 bridgehead atoms. The van der Waals surface area contributed by atoms with E-state index in [1.54, 1.807) is 12.1 Å². The molecule has 14 nitrogen and oxygen atoms in total. The predicted octanol–water partition coefficient (Wildman–Crippen LogP) is 2.03. The van der Waals surface area contributed by atoms with Crippen LogP contribution in [0.5, 0.6) is 0 Å². The Kier molecular flexibility index (Phi) is 29.3. The van der Waals surface area contributed by atoms with Gasteiger partial charge in [0.2, 0.25) is 0 Å². The molecule has 0 unspecified atom stereocenters. The number of benzene rings is 1. The zero-order valence-corrected chi connectivity index (χ0v) is 28.1. The molecule has 0 saturated heterocycles. The van der Waals surface area contributed by atoms with Gasteiger partial charge in [0.25, 0.3) is 10.1 Å². The molecule has 0 saturated carbocycles. The van der Waals surface area contributed by atoms with Gasteiger partial charge in [0.15, 0.2) is 0 Å². The molecule has 0 aliphatic carbocycles. The van der Waals surface area contributed by atoms with Crippen molar-refractivity contribution in [3.05, 3.63) is 42.7 Å². The van der Waals surface area contributed by atoms with Crippen LogP contribution in [0.15, 0.2) is 42.0 Å². The average Bonchev–Trinajstić information content (AvgIpc) is 3.05. The summed E-state index contributed by atoms with van der Waals surface area (Å²) < 4.78 is 88.2. The third-order valence-corrected chi connectivity index (χ3v) is 6.91. The summed E-state index contributed by atoms with van der Waals surface area (Å²) in [5.74, 6) is 0. The highest BCUT2D eigenvalue weighted by atomic mass is 32.2. The minimum atomic E-state index is -3.77. The summed E-state index contributed by atoms with van der Waals surface area (Å²) in [7, 11) is -3.77. The average molecular weight is 683 g/mol. The lowest BCUT2D eigenvalue weighted by molar-refractivity contribution is -0.0271. The highest BCUT2D eigenvalue weighted by Crippen LogP contribution is 2.12. The number of rotatable bonds is 36. The summed E-state index contributed by atoms with van der Waals surface area (Å²) in [5, 5.41) is 0. The predicted molar refractivity (Wildman–Crippen MR) is 169 cm³/mol. The molecule has 0 atom stereocenters. The second-order valence-corrected chi connectivity index (χ2v) is 10.9. The maximum absolute atomic E-state index is 12.1. The van der Waals surface area contributed by atoms with Crippen LogP contribution in [-0.2, 0) is 66.4 Å². The fourth-order valence-corrected chi connectivity index (χ4v) is 4.14. The molecular weight excluding hydrogens is 628 g/mol. The van der Waals surface area contributed by atoms with Gasteiger partial charge in [-0.25, -0.2) is 0 Å². The van der Waals surface area contributed by atoms with E-state index in [-0.39, 0.29) is 18.1 Å². The highest BCUT2D eigenvalue weighted by molar-refractivity contribution is 7.86. The Morgan fingerprint density at radius 1 is 0.457 bits per heavy atom. The Hall–Kier alpha value is -1.73. The first kappa shape index (κ1) is 42.3. The van der Waals surface area contributed by atoms with Crippen LogP contribution in [0.4, 0.5) is 0 Å². The molecule has 0 radical (unpaired) electrons. The maximum atomic E-state index is 12.1. The van der Waals surface area contributed by atoms with Gasteiger partial charge in [-0.3, -0.25) is 4.18 Å². The highest BCUT2D eigenvalue weighted by Gasteiger charge is 2.14. The molecule has 0 N–H and O–H groups in total. The van der Waals surface area contributed by atoms with E-state index in [0.29, 0.717) is 132 Å². The van der Waals surface area contributed by atoms with Crippen LogP contribution >= 0.6 is 0 Å². The molecule has 1 aromatic rings. The topological polar surface area (TPSA) is 145 Å². The summed E-state index contributed by atoms with van der Waals surface area (Å²) in [6, 6.07) is 6.48. The van der Waals surface area contributed by atoms with Gasteiger partial charge >= 0.3 is 0 Å². The third kappa shape index (κ3) is 27.4. The lowest BCUT2D eigenvalue weighted by Crippen LogP contribution is -2.16. The number of hydrogen-bond acceptors (Lipinski definition) is 14. The third-order valence-electron chi connectivity index (χ3n) is 5.59. The summed E-state index contributed by atoms with van der Waals surface area (Å²) >= 11 is 0. The largest absolute Gasteiger partial charge is 0.499 e. The van der Waals surface area contributed by atoms with E-state index in [9.17, 15) is 8.42 Å². The zero-order valence-electron chi connectivity index (χ0n) is 27.3. The van der Waals surface area contributed by atoms with E-state index >= 15 is 0 Å². The maximum Gasteiger partial charge on any atom is 0.297 e. The van der Waals surface area contributed by atoms with Gasteiger partial charge in [-0.2, -0.15) is 8.42 Å². The molecule has 0 aliphatic heterocycles. The number of hydrogen-bond donors (Lipinski definition) is 0. The zero-order chi connectivity index (χ0) is 33.2. The van der Waals surface area contributed by atoms with Crippen LogP contribution in [0.25, 0.3) is 0 Å². The monoisotopic (exact) mass is 682 g/mol. The van der Waals surface area contributed by atoms with Crippen molar-refractivity contribution in [3.8, 4) is 0 Å². The molecule has 0 aliphatic rings. The van der Waals surface area contributed by atoms with E-state index in [0.717, 1.165) is 5.56 Å². The van der Waals surface area contributed by atoms with Gasteiger partial charge in [0, 0.05) is 0 Å². The van der Waals surface area contributed by atoms with Gasteiger partial charge in [-0.15, -0.1) is 0 Å². The number of aryl methyl sites for hydroxylation is 1. The minimum absolute atomic E-state index is 0.0600. The molecule has 46 heavy (non-hydrogen) atoms. The van der Waals surface area contributed by atoms with Crippen molar-refractivity contribution >= 4 is 10.1 Å². The normalized spacial score (nSPS) is 11.7. The Bertz CT molecular complexity index is 901. The molecule has 15 heteroatoms. The van der Waals surface area contributed by atoms with Gasteiger partial charge in [0.05, 0.1) is 150 Å². The van der Waals surface area contributed by atoms with Crippen LogP contribution in [0, 0.1) is 6.92 Å². The minimum Gasteiger partial charge on any atom is -0.499 e. The number of ether oxygens (including phenoxy) is 11. The van der Waals surface area contributed by atoms with Gasteiger partial charge in [-0.1, -0.05) is 24.3 Å². The molecular formula is C31H54O14S. The van der Waals surface area contributed by atoms with Crippen molar-refractivity contribution in [2.24, 2.45) is 0 Å². The summed E-state index contributed by atoms with van der Waals surface area (Å²) in [6.07, 6.45) is 1.39. The van der Waals surface area contributed by atoms with Crippen LogP contribution in [0.1, 0.15) is 5.56 Å². The lowest BCUT2D eigenvalue weighted by atomic mass is 10.2. The second-order valence-electron chi connectivity index (χ2n) is 9.25. The van der Waals surface area contributed by atoms with Crippen molar-refractivity contribution in [1.82, 2.24) is 0 Å². The van der Waals surface area contributed by atoms with Crippen LogP contribution in [0.3, 0.4) is 0 Å². The fraction of sp³-hybridized carbons (Fsp3) is 0.742. The first-order chi connectivity index (χ1) is 22.6. The van der Waals surface area contributed by atoms with Crippen LogP contribution in [-0.4, -0.2) is 154 Å². The first-order valence-corrected chi connectivity index (χ1v) is 16.9. The molecule has 0 heterocycles. The molecule has 0 aromatic heterocycles. The lowest BCUT2D eigenvalue weighted by Gasteiger charge is -2.09. The van der Waals surface area contributed by atoms with Crippen LogP contribution in [0.2, 0.25) is 0 Å². The van der Waals surface area contributed by atoms with E-state index in [4.69, 9.17) is 56.3 Å². The molecule has 0 fully saturated rings. The van der Waals surface area contributed by atoms with E-state index in [2.05, 4.69) is 6.58 Å². The fourth-order valence-electron chi connectivity index (χ4n) is 3.25. The first-order valence-electron chi connectivity index (χ1n) is 15.5. The summed E-state index contributed by atoms with van der Waals surface area (Å²) in [5.41, 5.74) is 0.974. The van der Waals surface area contributed by atoms with Gasteiger partial charge in [0.1, 0.15) is 6.61 Å². The van der Waals surface area contributed by atoms with Gasteiger partial charge in [-0.05, 0) is 19.1 Å². The van der Waals surface area contributed by atoms with Crippen molar-refractivity contribution < 1.29 is 64.7 Å². The smallest absolute Gasteiger partial charge is 0.297 e. The molecule has 1 aromatic carbocycles. The molecule has 0 spiro atoms. The van der Waals surface area contributed by atoms with Crippen molar-refractivity contribution in [2.45, 2.75) is 11.8 Å².